The first-order valence-corrected chi connectivity index (χ1v) is 16.1. The molecule has 2 aliphatic rings. The van der Waals surface area contributed by atoms with Crippen LogP contribution in [0, 0.1) is 32.9 Å². The molecule has 0 unspecified atom stereocenters. The van der Waals surface area contributed by atoms with Gasteiger partial charge < -0.3 is 19.4 Å². The number of nitrogens with zero attached hydrogens (tertiary/aromatic N) is 2. The second-order valence-electron chi connectivity index (χ2n) is 12.2. The van der Waals surface area contributed by atoms with Crippen LogP contribution in [-0.2, 0) is 20.1 Å². The number of hydrogen-bond acceptors (Lipinski definition) is 4. The number of pyridine rings is 2. The largest absolute Gasteiger partial charge is 0.503 e. The summed E-state index contributed by atoms with van der Waals surface area (Å²) in [6.45, 7) is 6.37. The third kappa shape index (κ3) is 6.10. The van der Waals surface area contributed by atoms with Crippen molar-refractivity contribution in [1.29, 1.82) is 0 Å². The van der Waals surface area contributed by atoms with Gasteiger partial charge in [0.25, 0.3) is 0 Å². The molecule has 4 nitrogen and oxygen atoms in total. The van der Waals surface area contributed by atoms with Gasteiger partial charge in [0.15, 0.2) is 0 Å². The van der Waals surface area contributed by atoms with Crippen molar-refractivity contribution in [2.75, 3.05) is 0 Å². The summed E-state index contributed by atoms with van der Waals surface area (Å²) in [7, 11) is 0. The van der Waals surface area contributed by atoms with Crippen LogP contribution in [0.1, 0.15) is 16.7 Å². The molecule has 49 heavy (non-hydrogen) atoms. The van der Waals surface area contributed by atoms with Crippen LogP contribution in [0.15, 0.2) is 134 Å². The van der Waals surface area contributed by atoms with Gasteiger partial charge >= 0.3 is 0 Å². The summed E-state index contributed by atoms with van der Waals surface area (Å²) in [6, 6.07) is 47.5. The summed E-state index contributed by atoms with van der Waals surface area (Å²) in [4.78, 5) is 9.07. The quantitative estimate of drug-likeness (QED) is 0.133. The predicted octanol–water partition coefficient (Wildman–Crippen LogP) is 8.41. The normalized spacial score (nSPS) is 11.7. The molecular weight excluding hydrogens is 780 g/mol. The van der Waals surface area contributed by atoms with Crippen molar-refractivity contribution < 1.29 is 29.6 Å². The Morgan fingerprint density at radius 2 is 1.37 bits per heavy atom. The number of aromatic nitrogens is 2. The van der Waals surface area contributed by atoms with E-state index >= 15 is 0 Å². The Balaban J connectivity index is 0.000000228. The van der Waals surface area contributed by atoms with Crippen LogP contribution in [0.5, 0.6) is 23.0 Å². The molecule has 4 heterocycles. The maximum atomic E-state index is 6.57. The molecule has 1 radical (unpaired) electrons. The minimum atomic E-state index is 0. The molecule has 0 spiro atoms. The van der Waals surface area contributed by atoms with Gasteiger partial charge in [-0.3, -0.25) is 0 Å². The summed E-state index contributed by atoms with van der Waals surface area (Å²) >= 11 is 0. The zero-order valence-corrected chi connectivity index (χ0v) is 29.7. The molecule has 0 fully saturated rings. The third-order valence-corrected chi connectivity index (χ3v) is 8.95. The van der Waals surface area contributed by atoms with Crippen molar-refractivity contribution in [2.45, 2.75) is 20.8 Å². The van der Waals surface area contributed by atoms with Crippen molar-refractivity contribution >= 4 is 23.1 Å². The number of aryl methyl sites for hydroxylation is 3. The van der Waals surface area contributed by atoms with E-state index in [0.717, 1.165) is 67.5 Å². The number of rotatable bonds is 3. The molecule has 0 saturated carbocycles. The van der Waals surface area contributed by atoms with E-state index in [1.54, 1.807) is 0 Å². The van der Waals surface area contributed by atoms with Crippen LogP contribution in [0.2, 0.25) is 0 Å². The number of benzene rings is 5. The number of para-hydroxylation sites is 1. The van der Waals surface area contributed by atoms with Gasteiger partial charge in [0.05, 0.1) is 0 Å². The van der Waals surface area contributed by atoms with Gasteiger partial charge in [0, 0.05) is 43.7 Å². The molecule has 0 amide bonds. The molecule has 239 valence electrons. The van der Waals surface area contributed by atoms with Gasteiger partial charge in [-0.05, 0) is 89.7 Å². The monoisotopic (exact) mass is 811 g/mol. The summed E-state index contributed by atoms with van der Waals surface area (Å²) in [6.07, 6.45) is 3.75. The van der Waals surface area contributed by atoms with Crippen molar-refractivity contribution in [1.82, 2.24) is 9.97 Å². The van der Waals surface area contributed by atoms with Crippen LogP contribution in [-0.4, -0.2) is 16.7 Å². The Kier molecular flexibility index (Phi) is 9.01. The van der Waals surface area contributed by atoms with Gasteiger partial charge in [-0.2, -0.15) is 0 Å². The van der Waals surface area contributed by atoms with Crippen molar-refractivity contribution in [3.8, 4) is 56.6 Å². The minimum absolute atomic E-state index is 0. The fraction of sp³-hybridized carbons (Fsp3) is 0.0698. The smallest absolute Gasteiger partial charge is 0.241 e. The van der Waals surface area contributed by atoms with E-state index in [1.165, 1.54) is 22.3 Å². The summed E-state index contributed by atoms with van der Waals surface area (Å²) in [5, 5.41) is 0. The van der Waals surface area contributed by atoms with Gasteiger partial charge in [0.1, 0.15) is 17.2 Å². The average molecular weight is 811 g/mol. The van der Waals surface area contributed by atoms with Gasteiger partial charge in [-0.1, -0.05) is 66.2 Å². The minimum Gasteiger partial charge on any atom is -0.503 e. The Bertz CT molecular complexity index is 2270. The number of fused-ring (bicyclic) bond motifs is 4. The predicted molar refractivity (Wildman–Crippen MR) is 194 cm³/mol. The Hall–Kier alpha value is -5.29. The molecular formula is C43H31BIrN2O2-2. The van der Waals surface area contributed by atoms with Gasteiger partial charge in [0.2, 0.25) is 6.71 Å². The molecule has 0 saturated heterocycles. The molecule has 5 aromatic carbocycles. The SMILES string of the molecule is Cc1ccc(-c2[c-]cccc2)nc1.Cc1cccc(C)c1-c1ccnc(-c2[c-]ccc3c2Oc2cccc4c2B3c2ccccc2O4)c1.[Ir]. The fourth-order valence-electron chi connectivity index (χ4n) is 6.71. The fourth-order valence-corrected chi connectivity index (χ4v) is 6.71. The topological polar surface area (TPSA) is 44.2 Å². The van der Waals surface area contributed by atoms with Crippen LogP contribution in [0.3, 0.4) is 0 Å². The Labute approximate surface area is 301 Å². The number of hydrogen-bond donors (Lipinski definition) is 0. The molecule has 0 atom stereocenters. The van der Waals surface area contributed by atoms with E-state index in [0.29, 0.717) is 0 Å². The molecule has 6 heteroatoms. The van der Waals surface area contributed by atoms with E-state index in [2.05, 4.69) is 85.6 Å². The van der Waals surface area contributed by atoms with Crippen LogP contribution in [0.4, 0.5) is 0 Å². The summed E-state index contributed by atoms with van der Waals surface area (Å²) in [5.74, 6) is 3.37. The first-order chi connectivity index (χ1) is 23.5. The van der Waals surface area contributed by atoms with E-state index < -0.39 is 0 Å². The first kappa shape index (κ1) is 32.3. The zero-order valence-electron chi connectivity index (χ0n) is 27.3. The van der Waals surface area contributed by atoms with E-state index in [1.807, 2.05) is 86.0 Å². The average Bonchev–Trinajstić information content (AvgIpc) is 3.12. The summed E-state index contributed by atoms with van der Waals surface area (Å²) < 4.78 is 12.8. The number of ether oxygens (including phenoxy) is 2. The maximum Gasteiger partial charge on any atom is 0.241 e. The second-order valence-corrected chi connectivity index (χ2v) is 12.2. The molecule has 9 rings (SSSR count). The molecule has 0 aliphatic carbocycles. The first-order valence-electron chi connectivity index (χ1n) is 16.1. The van der Waals surface area contributed by atoms with Gasteiger partial charge in [-0.25, -0.2) is 0 Å². The Morgan fingerprint density at radius 3 is 2.14 bits per heavy atom. The molecule has 7 aromatic rings. The van der Waals surface area contributed by atoms with E-state index in [9.17, 15) is 0 Å². The Morgan fingerprint density at radius 1 is 0.612 bits per heavy atom. The maximum absolute atomic E-state index is 6.57. The molecule has 0 bridgehead atoms. The zero-order chi connectivity index (χ0) is 32.6. The van der Waals surface area contributed by atoms with Gasteiger partial charge in [-0.15, -0.1) is 59.6 Å². The van der Waals surface area contributed by atoms with Crippen LogP contribution in [0.25, 0.3) is 33.6 Å². The van der Waals surface area contributed by atoms with E-state index in [4.69, 9.17) is 14.5 Å². The molecule has 0 N–H and O–H groups in total. The van der Waals surface area contributed by atoms with Crippen LogP contribution < -0.4 is 25.9 Å². The van der Waals surface area contributed by atoms with Crippen LogP contribution >= 0.6 is 0 Å². The van der Waals surface area contributed by atoms with Crippen molar-refractivity contribution in [3.63, 3.8) is 0 Å². The van der Waals surface area contributed by atoms with Crippen molar-refractivity contribution in [2.24, 2.45) is 0 Å². The second kappa shape index (κ2) is 13.7. The standard InChI is InChI=1S/C31H21BNO2.C12H10N.Ir/c1-19-8-5-9-20(2)29(19)21-16-17-33-25(18-21)22-10-6-12-24-31(22)35-28-15-7-14-27-30(28)32(24)23-11-3-4-13-26(23)34-27;1-10-7-8-12(13-9-10)11-5-3-2-4-6-11;/h3-9,11-18H,1-2H3;2-5,7-9H,1H3;/q2*-1;. The summed E-state index contributed by atoms with van der Waals surface area (Å²) in [5.41, 5.74) is 13.1. The van der Waals surface area contributed by atoms with E-state index in [-0.39, 0.29) is 26.8 Å². The third-order valence-electron chi connectivity index (χ3n) is 8.95. The molecule has 2 aromatic heterocycles. The van der Waals surface area contributed by atoms with Crippen molar-refractivity contribution in [3.05, 3.63) is 163 Å². The molecule has 2 aliphatic heterocycles.